The zero-order chi connectivity index (χ0) is 18.1. The molecule has 1 aromatic heterocycles. The van der Waals surface area contributed by atoms with Gasteiger partial charge in [0.2, 0.25) is 0 Å². The van der Waals surface area contributed by atoms with E-state index in [9.17, 15) is 24.8 Å². The maximum atomic E-state index is 12.5. The average Bonchev–Trinajstić information content (AvgIpc) is 2.87. The summed E-state index contributed by atoms with van der Waals surface area (Å²) in [4.78, 5) is 40.0. The molecule has 8 nitrogen and oxygen atoms in total. The molecule has 0 aliphatic carbocycles. The summed E-state index contributed by atoms with van der Waals surface area (Å²) >= 11 is 0. The molecule has 0 bridgehead atoms. The molecule has 1 amide bonds. The number of nitro benzene ring substituents is 1. The minimum atomic E-state index is -0.880. The van der Waals surface area contributed by atoms with Gasteiger partial charge in [-0.05, 0) is 36.8 Å². The van der Waals surface area contributed by atoms with Gasteiger partial charge < -0.3 is 5.11 Å². The predicted octanol–water partition coefficient (Wildman–Crippen LogP) is 2.48. The third-order valence-electron chi connectivity index (χ3n) is 3.93. The molecule has 8 heteroatoms. The van der Waals surface area contributed by atoms with Crippen molar-refractivity contribution in [1.82, 2.24) is 4.98 Å². The number of Topliss-reactive ketones (excluding diaryl/α,β-unsaturated/α-hetero) is 1. The Morgan fingerprint density at radius 2 is 1.96 bits per heavy atom. The van der Waals surface area contributed by atoms with Crippen LogP contribution in [0, 0.1) is 10.1 Å². The van der Waals surface area contributed by atoms with E-state index in [1.807, 2.05) is 0 Å². The highest BCUT2D eigenvalue weighted by molar-refractivity contribution is 6.16. The summed E-state index contributed by atoms with van der Waals surface area (Å²) in [5.74, 6) is -1.80. The Morgan fingerprint density at radius 1 is 1.28 bits per heavy atom. The van der Waals surface area contributed by atoms with Crippen LogP contribution in [-0.4, -0.2) is 26.7 Å². The number of aliphatic hydroxyl groups excluding tert-OH is 1. The van der Waals surface area contributed by atoms with Crippen LogP contribution in [0.4, 0.5) is 11.4 Å². The predicted molar refractivity (Wildman–Crippen MR) is 87.9 cm³/mol. The van der Waals surface area contributed by atoms with Crippen LogP contribution in [-0.2, 0) is 9.59 Å². The molecular weight excluding hydrogens is 326 g/mol. The van der Waals surface area contributed by atoms with Crippen molar-refractivity contribution >= 4 is 23.1 Å². The number of carbonyl (C=O) groups excluding carboxylic acids is 2. The Labute approximate surface area is 142 Å². The lowest BCUT2D eigenvalue weighted by Gasteiger charge is -2.26. The van der Waals surface area contributed by atoms with Gasteiger partial charge in [0.1, 0.15) is 0 Å². The fraction of sp³-hybridized carbons (Fsp3) is 0.118. The van der Waals surface area contributed by atoms with E-state index < -0.39 is 28.4 Å². The normalized spacial score (nSPS) is 17.1. The number of anilines is 1. The number of hydrogen-bond acceptors (Lipinski definition) is 6. The van der Waals surface area contributed by atoms with Gasteiger partial charge in [-0.3, -0.25) is 29.6 Å². The zero-order valence-corrected chi connectivity index (χ0v) is 13.1. The first-order valence-electron chi connectivity index (χ1n) is 7.34. The number of benzene rings is 1. The van der Waals surface area contributed by atoms with Crippen molar-refractivity contribution in [3.8, 4) is 0 Å². The lowest BCUT2D eigenvalue weighted by molar-refractivity contribution is -0.384. The van der Waals surface area contributed by atoms with Gasteiger partial charge in [0, 0.05) is 18.3 Å². The van der Waals surface area contributed by atoms with Crippen molar-refractivity contribution in [3.05, 3.63) is 75.8 Å². The van der Waals surface area contributed by atoms with Crippen LogP contribution in [0.1, 0.15) is 18.5 Å². The smallest absolute Gasteiger partial charge is 0.294 e. The van der Waals surface area contributed by atoms with E-state index in [4.69, 9.17) is 0 Å². The molecule has 0 saturated carbocycles. The number of rotatable bonds is 4. The molecule has 126 valence electrons. The van der Waals surface area contributed by atoms with Gasteiger partial charge in [-0.1, -0.05) is 0 Å². The lowest BCUT2D eigenvalue weighted by Crippen LogP contribution is -2.30. The first kappa shape index (κ1) is 16.3. The van der Waals surface area contributed by atoms with Crippen molar-refractivity contribution in [2.75, 3.05) is 4.90 Å². The van der Waals surface area contributed by atoms with E-state index in [0.717, 1.165) is 0 Å². The monoisotopic (exact) mass is 339 g/mol. The van der Waals surface area contributed by atoms with Crippen molar-refractivity contribution in [2.45, 2.75) is 13.0 Å². The van der Waals surface area contributed by atoms with Crippen molar-refractivity contribution in [2.24, 2.45) is 0 Å². The van der Waals surface area contributed by atoms with Crippen LogP contribution in [0.15, 0.2) is 60.1 Å². The second-order valence-electron chi connectivity index (χ2n) is 5.46. The fourth-order valence-electron chi connectivity index (χ4n) is 2.82. The number of pyridine rings is 1. The summed E-state index contributed by atoms with van der Waals surface area (Å²) < 4.78 is 0. The third-order valence-corrected chi connectivity index (χ3v) is 3.93. The average molecular weight is 339 g/mol. The van der Waals surface area contributed by atoms with Crippen LogP contribution in [0.3, 0.4) is 0 Å². The van der Waals surface area contributed by atoms with Crippen LogP contribution < -0.4 is 4.90 Å². The minimum absolute atomic E-state index is 0.0530. The Balaban J connectivity index is 2.14. The molecule has 1 aliphatic rings. The molecule has 25 heavy (non-hydrogen) atoms. The molecule has 0 fully saturated rings. The van der Waals surface area contributed by atoms with E-state index in [2.05, 4.69) is 4.98 Å². The molecule has 0 unspecified atom stereocenters. The number of nitrogens with zero attached hydrogens (tertiary/aromatic N) is 3. The molecule has 0 spiro atoms. The number of ketones is 1. The summed E-state index contributed by atoms with van der Waals surface area (Å²) in [7, 11) is 0. The van der Waals surface area contributed by atoms with Gasteiger partial charge in [0.05, 0.1) is 28.4 Å². The van der Waals surface area contributed by atoms with E-state index in [-0.39, 0.29) is 11.3 Å². The van der Waals surface area contributed by atoms with Gasteiger partial charge in [-0.25, -0.2) is 0 Å². The Hall–Kier alpha value is -3.55. The number of aliphatic hydroxyl groups is 1. The molecule has 3 rings (SSSR count). The number of hydrogen-bond donors (Lipinski definition) is 1. The summed E-state index contributed by atoms with van der Waals surface area (Å²) in [5, 5.41) is 21.0. The zero-order valence-electron chi connectivity index (χ0n) is 13.1. The van der Waals surface area contributed by atoms with E-state index >= 15 is 0 Å². The van der Waals surface area contributed by atoms with Crippen LogP contribution in [0.25, 0.3) is 0 Å². The van der Waals surface area contributed by atoms with E-state index in [1.165, 1.54) is 48.5 Å². The van der Waals surface area contributed by atoms with E-state index in [1.54, 1.807) is 12.1 Å². The van der Waals surface area contributed by atoms with Crippen molar-refractivity contribution < 1.29 is 19.6 Å². The number of non-ortho nitro benzene ring substituents is 1. The van der Waals surface area contributed by atoms with Crippen LogP contribution >= 0.6 is 0 Å². The molecule has 1 aromatic carbocycles. The first-order chi connectivity index (χ1) is 11.9. The maximum Gasteiger partial charge on any atom is 0.294 e. The van der Waals surface area contributed by atoms with Gasteiger partial charge in [-0.2, -0.15) is 0 Å². The maximum absolute atomic E-state index is 12.5. The molecular formula is C17H13N3O5. The van der Waals surface area contributed by atoms with Gasteiger partial charge >= 0.3 is 0 Å². The molecule has 2 heterocycles. The van der Waals surface area contributed by atoms with Gasteiger partial charge in [0.15, 0.2) is 11.5 Å². The largest absolute Gasteiger partial charge is 0.503 e. The lowest BCUT2D eigenvalue weighted by atomic mass is 9.96. The Kier molecular flexibility index (Phi) is 4.02. The molecule has 1 N–H and O–H groups in total. The number of aromatic nitrogens is 1. The van der Waals surface area contributed by atoms with Crippen molar-refractivity contribution in [1.29, 1.82) is 0 Å². The first-order valence-corrected chi connectivity index (χ1v) is 7.34. The molecule has 1 atom stereocenters. The summed E-state index contributed by atoms with van der Waals surface area (Å²) in [6.07, 6.45) is 2.97. The highest BCUT2D eigenvalue weighted by Gasteiger charge is 2.43. The van der Waals surface area contributed by atoms with Gasteiger partial charge in [-0.15, -0.1) is 0 Å². The van der Waals surface area contributed by atoms with Crippen molar-refractivity contribution in [3.63, 3.8) is 0 Å². The highest BCUT2D eigenvalue weighted by Crippen LogP contribution is 2.40. The molecule has 0 radical (unpaired) electrons. The quantitative estimate of drug-likeness (QED) is 0.676. The number of carbonyl (C=O) groups is 2. The van der Waals surface area contributed by atoms with Gasteiger partial charge in [0.25, 0.3) is 11.6 Å². The number of amides is 1. The summed E-state index contributed by atoms with van der Waals surface area (Å²) in [6.45, 7) is 1.25. The Morgan fingerprint density at radius 3 is 2.48 bits per heavy atom. The Bertz CT molecular complexity index is 890. The third kappa shape index (κ3) is 2.74. The van der Waals surface area contributed by atoms with Crippen LogP contribution in [0.2, 0.25) is 0 Å². The second kappa shape index (κ2) is 6.16. The van der Waals surface area contributed by atoms with Crippen LogP contribution in [0.5, 0.6) is 0 Å². The highest BCUT2D eigenvalue weighted by atomic mass is 16.6. The minimum Gasteiger partial charge on any atom is -0.503 e. The standard InChI is InChI=1S/C17H13N3O5/c1-10(21)14-15(11-4-6-12(7-5-11)20(24)25)19(17(23)16(14)22)13-3-2-8-18-9-13/h2-9,15,22H,1H3/t15-/m0/s1. The molecule has 1 aliphatic heterocycles. The molecule has 0 saturated heterocycles. The molecule has 2 aromatic rings. The topological polar surface area (TPSA) is 114 Å². The SMILES string of the molecule is CC(=O)C1=C(O)C(=O)N(c2cccnc2)[C@H]1c1ccc([N+](=O)[O-])cc1. The summed E-state index contributed by atoms with van der Waals surface area (Å²) in [5.41, 5.74) is 0.706. The number of nitro groups is 1. The second-order valence-corrected chi connectivity index (χ2v) is 5.46. The van der Waals surface area contributed by atoms with E-state index in [0.29, 0.717) is 11.3 Å². The fourth-order valence-corrected chi connectivity index (χ4v) is 2.82. The summed E-state index contributed by atoms with van der Waals surface area (Å²) in [6, 6.07) is 7.86.